The summed E-state index contributed by atoms with van der Waals surface area (Å²) in [7, 11) is -3.88. The predicted octanol–water partition coefficient (Wildman–Crippen LogP) is 4.36. The molecule has 2 N–H and O–H groups in total. The van der Waals surface area contributed by atoms with Gasteiger partial charge in [-0.25, -0.2) is 18.1 Å². The number of halogens is 3. The standard InChI is InChI=1S/C21H20F3N3O4S2/c1-14-5-2-3-6-17(14)19(28)18-13-26-20(32-18)25-11-4-12-27-33(29,30)16-9-7-15(8-10-16)31-21(22,23)24/h2-3,5-10,13,27H,4,11-12H2,1H3,(H,25,26). The first-order valence-corrected chi connectivity index (χ1v) is 12.0. The van der Waals surface area contributed by atoms with Crippen molar-refractivity contribution in [2.75, 3.05) is 18.4 Å². The van der Waals surface area contributed by atoms with E-state index in [1.807, 2.05) is 19.1 Å². The van der Waals surface area contributed by atoms with Crippen LogP contribution in [0.4, 0.5) is 18.3 Å². The Hall–Kier alpha value is -2.96. The van der Waals surface area contributed by atoms with Crippen LogP contribution in [0, 0.1) is 6.92 Å². The molecule has 176 valence electrons. The van der Waals surface area contributed by atoms with Crippen molar-refractivity contribution in [2.24, 2.45) is 0 Å². The summed E-state index contributed by atoms with van der Waals surface area (Å²) < 4.78 is 67.2. The van der Waals surface area contributed by atoms with Crippen molar-refractivity contribution in [3.8, 4) is 5.75 Å². The Balaban J connectivity index is 1.46. The number of carbonyl (C=O) groups is 1. The number of ether oxygens (including phenoxy) is 1. The molecule has 1 heterocycles. The number of alkyl halides is 3. The van der Waals surface area contributed by atoms with Crippen LogP contribution in [0.2, 0.25) is 0 Å². The molecule has 0 aliphatic rings. The van der Waals surface area contributed by atoms with Crippen LogP contribution < -0.4 is 14.8 Å². The second-order valence-corrected chi connectivity index (χ2v) is 9.67. The van der Waals surface area contributed by atoms with Gasteiger partial charge in [0.1, 0.15) is 5.75 Å². The van der Waals surface area contributed by atoms with Gasteiger partial charge in [0, 0.05) is 18.7 Å². The number of hydrogen-bond donors (Lipinski definition) is 2. The van der Waals surface area contributed by atoms with Crippen molar-refractivity contribution in [3.05, 3.63) is 70.7 Å². The van der Waals surface area contributed by atoms with Gasteiger partial charge < -0.3 is 10.1 Å². The number of aryl methyl sites for hydroxylation is 1. The molecule has 3 aromatic rings. The van der Waals surface area contributed by atoms with E-state index in [2.05, 4.69) is 19.8 Å². The maximum Gasteiger partial charge on any atom is 0.573 e. The molecule has 0 radical (unpaired) electrons. The lowest BCUT2D eigenvalue weighted by Gasteiger charge is -2.10. The molecule has 0 fully saturated rings. The molecular weight excluding hydrogens is 479 g/mol. The van der Waals surface area contributed by atoms with Crippen molar-refractivity contribution in [1.82, 2.24) is 9.71 Å². The Morgan fingerprint density at radius 3 is 2.45 bits per heavy atom. The average Bonchev–Trinajstić information content (AvgIpc) is 3.21. The topological polar surface area (TPSA) is 97.4 Å². The first kappa shape index (κ1) is 24.7. The zero-order chi connectivity index (χ0) is 24.1. The number of benzene rings is 2. The molecule has 0 aliphatic carbocycles. The summed E-state index contributed by atoms with van der Waals surface area (Å²) in [5.74, 6) is -0.618. The van der Waals surface area contributed by atoms with Crippen LogP contribution in [0.1, 0.15) is 27.2 Å². The second kappa shape index (κ2) is 10.3. The summed E-state index contributed by atoms with van der Waals surface area (Å²) >= 11 is 1.21. The monoisotopic (exact) mass is 499 g/mol. The molecule has 0 unspecified atom stereocenters. The number of ketones is 1. The van der Waals surface area contributed by atoms with Crippen LogP contribution >= 0.6 is 11.3 Å². The number of aromatic nitrogens is 1. The normalized spacial score (nSPS) is 11.9. The minimum atomic E-state index is -4.85. The van der Waals surface area contributed by atoms with Gasteiger partial charge in [0.2, 0.25) is 15.8 Å². The minimum absolute atomic E-state index is 0.0938. The molecule has 0 bridgehead atoms. The third-order valence-corrected chi connectivity index (χ3v) is 6.84. The molecule has 7 nitrogen and oxygen atoms in total. The Kier molecular flexibility index (Phi) is 7.72. The SMILES string of the molecule is Cc1ccccc1C(=O)c1cnc(NCCCNS(=O)(=O)c2ccc(OC(F)(F)F)cc2)s1. The minimum Gasteiger partial charge on any atom is -0.406 e. The summed E-state index contributed by atoms with van der Waals surface area (Å²) in [6.45, 7) is 2.35. The van der Waals surface area contributed by atoms with Crippen molar-refractivity contribution in [1.29, 1.82) is 0 Å². The van der Waals surface area contributed by atoms with Crippen molar-refractivity contribution in [3.63, 3.8) is 0 Å². The second-order valence-electron chi connectivity index (χ2n) is 6.87. The first-order valence-electron chi connectivity index (χ1n) is 9.71. The van der Waals surface area contributed by atoms with Crippen molar-refractivity contribution >= 4 is 32.3 Å². The van der Waals surface area contributed by atoms with Gasteiger partial charge in [-0.05, 0) is 43.2 Å². The fourth-order valence-electron chi connectivity index (χ4n) is 2.82. The zero-order valence-corrected chi connectivity index (χ0v) is 19.0. The highest BCUT2D eigenvalue weighted by Gasteiger charge is 2.31. The number of hydrogen-bond acceptors (Lipinski definition) is 7. The molecular formula is C21H20F3N3O4S2. The molecule has 0 saturated heterocycles. The van der Waals surface area contributed by atoms with Crippen molar-refractivity contribution in [2.45, 2.75) is 24.6 Å². The molecule has 0 amide bonds. The van der Waals surface area contributed by atoms with Gasteiger partial charge >= 0.3 is 6.36 Å². The molecule has 2 aromatic carbocycles. The van der Waals surface area contributed by atoms with Gasteiger partial charge in [-0.1, -0.05) is 35.6 Å². The fourth-order valence-corrected chi connectivity index (χ4v) is 4.69. The first-order chi connectivity index (χ1) is 15.5. The third-order valence-electron chi connectivity index (χ3n) is 4.41. The summed E-state index contributed by atoms with van der Waals surface area (Å²) in [5, 5.41) is 3.58. The Labute approximate surface area is 192 Å². The maximum absolute atomic E-state index is 12.6. The third kappa shape index (κ3) is 7.01. The predicted molar refractivity (Wildman–Crippen MR) is 118 cm³/mol. The Bertz CT molecular complexity index is 1210. The Morgan fingerprint density at radius 2 is 1.79 bits per heavy atom. The van der Waals surface area contributed by atoms with E-state index in [1.165, 1.54) is 17.5 Å². The summed E-state index contributed by atoms with van der Waals surface area (Å²) in [4.78, 5) is 17.1. The smallest absolute Gasteiger partial charge is 0.406 e. The van der Waals surface area contributed by atoms with Crippen LogP contribution in [0.5, 0.6) is 5.75 Å². The van der Waals surface area contributed by atoms with Gasteiger partial charge in [0.15, 0.2) is 5.13 Å². The largest absolute Gasteiger partial charge is 0.573 e. The number of carbonyl (C=O) groups excluding carboxylic acids is 1. The maximum atomic E-state index is 12.6. The van der Waals surface area contributed by atoms with E-state index >= 15 is 0 Å². The van der Waals surface area contributed by atoms with Crippen molar-refractivity contribution < 1.29 is 31.1 Å². The molecule has 33 heavy (non-hydrogen) atoms. The van der Waals surface area contributed by atoms with Gasteiger partial charge in [-0.3, -0.25) is 4.79 Å². The highest BCUT2D eigenvalue weighted by atomic mass is 32.2. The highest BCUT2D eigenvalue weighted by molar-refractivity contribution is 7.89. The molecule has 0 atom stereocenters. The average molecular weight is 500 g/mol. The molecule has 0 saturated carbocycles. The quantitative estimate of drug-likeness (QED) is 0.318. The number of nitrogens with one attached hydrogen (secondary N) is 2. The van der Waals surface area contributed by atoms with E-state index in [0.29, 0.717) is 28.5 Å². The van der Waals surface area contributed by atoms with Crippen LogP contribution in [0.3, 0.4) is 0 Å². The van der Waals surface area contributed by atoms with E-state index < -0.39 is 22.1 Å². The van der Waals surface area contributed by atoms with E-state index in [9.17, 15) is 26.4 Å². The van der Waals surface area contributed by atoms with E-state index in [0.717, 1.165) is 29.8 Å². The molecule has 0 aliphatic heterocycles. The van der Waals surface area contributed by atoms with Crippen LogP contribution in [0.15, 0.2) is 59.6 Å². The lowest BCUT2D eigenvalue weighted by Crippen LogP contribution is -2.26. The summed E-state index contributed by atoms with van der Waals surface area (Å²) in [6.07, 6.45) is -2.94. The molecule has 1 aromatic heterocycles. The van der Waals surface area contributed by atoms with Crippen LogP contribution in [0.25, 0.3) is 0 Å². The Morgan fingerprint density at radius 1 is 1.09 bits per heavy atom. The number of anilines is 1. The van der Waals surface area contributed by atoms with E-state index in [-0.39, 0.29) is 17.2 Å². The van der Waals surface area contributed by atoms with Gasteiger partial charge in [-0.2, -0.15) is 0 Å². The number of thiazole rings is 1. The lowest BCUT2D eigenvalue weighted by molar-refractivity contribution is -0.274. The number of nitrogens with zero attached hydrogens (tertiary/aromatic N) is 1. The molecule has 0 spiro atoms. The molecule has 3 rings (SSSR count). The summed E-state index contributed by atoms with van der Waals surface area (Å²) in [5.41, 5.74) is 1.49. The zero-order valence-electron chi connectivity index (χ0n) is 17.3. The highest BCUT2D eigenvalue weighted by Crippen LogP contribution is 2.24. The summed E-state index contributed by atoms with van der Waals surface area (Å²) in [6, 6.07) is 11.2. The number of sulfonamides is 1. The molecule has 12 heteroatoms. The van der Waals surface area contributed by atoms with Gasteiger partial charge in [-0.15, -0.1) is 13.2 Å². The number of rotatable bonds is 10. The lowest BCUT2D eigenvalue weighted by atomic mass is 10.0. The van der Waals surface area contributed by atoms with Gasteiger partial charge in [0.25, 0.3) is 0 Å². The van der Waals surface area contributed by atoms with Crippen LogP contribution in [-0.2, 0) is 10.0 Å². The van der Waals surface area contributed by atoms with Crippen LogP contribution in [-0.4, -0.2) is 38.6 Å². The fraction of sp³-hybridized carbons (Fsp3) is 0.238. The van der Waals surface area contributed by atoms with E-state index in [4.69, 9.17) is 0 Å². The van der Waals surface area contributed by atoms with E-state index in [1.54, 1.807) is 12.1 Å². The van der Waals surface area contributed by atoms with Gasteiger partial charge in [0.05, 0.1) is 16.0 Å².